The van der Waals surface area contributed by atoms with E-state index in [2.05, 4.69) is 429 Å². The van der Waals surface area contributed by atoms with Gasteiger partial charge in [-0.2, -0.15) is 0 Å². The molecule has 12 rings (SSSR count). The third kappa shape index (κ3) is 14.6. The fourth-order valence-corrected chi connectivity index (χ4v) is 76.7. The van der Waals surface area contributed by atoms with Crippen LogP contribution in [-0.2, 0) is 16.5 Å². The van der Waals surface area contributed by atoms with E-state index in [0.717, 1.165) is 0 Å². The minimum Gasteiger partial charge on any atom is -0.661 e. The van der Waals surface area contributed by atoms with E-state index in [1.165, 1.54) is 63.7 Å². The number of hydrogen-bond donors (Lipinski definition) is 0. The normalized spacial score (nSPS) is 12.5. The van der Waals surface area contributed by atoms with Gasteiger partial charge in [-0.3, -0.25) is 0 Å². The summed E-state index contributed by atoms with van der Waals surface area (Å²) in [4.78, 5) is 0. The number of rotatable bonds is 22. The molecule has 0 N–H and O–H groups in total. The molecule has 12 aromatic carbocycles. The van der Waals surface area contributed by atoms with Crippen molar-refractivity contribution in [3.8, 4) is 0 Å². The Morgan fingerprint density at radius 2 is 0.274 bits per heavy atom. The van der Waals surface area contributed by atoms with Gasteiger partial charge in [0.05, 0.1) is 0 Å². The summed E-state index contributed by atoms with van der Waals surface area (Å²) in [6, 6.07) is 138. The topological polar surface area (TPSA) is 28.2 Å². The average Bonchev–Trinajstić information content (AvgIpc) is 0.693. The van der Waals surface area contributed by atoms with E-state index in [4.69, 9.17) is 9.30 Å². The molecule has 0 atom stereocenters. The molecule has 0 unspecified atom stereocenters. The van der Waals surface area contributed by atoms with Crippen LogP contribution in [0.4, 0.5) is 0 Å². The summed E-state index contributed by atoms with van der Waals surface area (Å²) in [5.41, 5.74) is 0. The predicted octanol–water partition coefficient (Wildman–Crippen LogP) is 18.5. The van der Waals surface area contributed by atoms with E-state index >= 15 is 0 Å². The molecule has 480 valence electrons. The van der Waals surface area contributed by atoms with Crippen LogP contribution in [-0.4, -0.2) is 43.0 Å². The van der Waals surface area contributed by atoms with Gasteiger partial charge in [0.2, 0.25) is 0 Å². The van der Waals surface area contributed by atoms with Gasteiger partial charge in [0.25, 0.3) is 0 Å². The molecule has 0 radical (unpaired) electrons. The van der Waals surface area contributed by atoms with E-state index in [0.29, 0.717) is 0 Å². The van der Waals surface area contributed by atoms with Crippen LogP contribution in [0.2, 0.25) is 65.5 Å². The van der Waals surface area contributed by atoms with E-state index in [1.807, 2.05) is 0 Å². The Labute approximate surface area is 586 Å². The monoisotopic (exact) mass is 1420 g/mol. The molecule has 0 aliphatic rings. The van der Waals surface area contributed by atoms with Gasteiger partial charge in [-0.05, 0) is 146 Å². The van der Waals surface area contributed by atoms with Crippen LogP contribution < -0.4 is 63.7 Å². The first-order valence-electron chi connectivity index (χ1n) is 33.1. The van der Waals surface area contributed by atoms with Crippen LogP contribution in [0.5, 0.6) is 0 Å². The smallest absolute Gasteiger partial charge is 0.661 e. The molecule has 0 saturated carbocycles. The van der Waals surface area contributed by atoms with Gasteiger partial charge in [0.15, 0.2) is 10.0 Å². The van der Waals surface area contributed by atoms with Crippen molar-refractivity contribution in [1.82, 2.24) is 0 Å². The first-order valence-corrected chi connectivity index (χ1v) is 53.5. The summed E-state index contributed by atoms with van der Waals surface area (Å²) in [7, 11) is -18.7. The van der Waals surface area contributed by atoms with Crippen molar-refractivity contribution in [2.45, 2.75) is 75.5 Å². The van der Waals surface area contributed by atoms with Crippen LogP contribution in [0.1, 0.15) is 0 Å². The van der Waals surface area contributed by atoms with Crippen LogP contribution in [0.3, 0.4) is 0 Å². The van der Waals surface area contributed by atoms with Crippen molar-refractivity contribution >= 4 is 126 Å². The quantitative estimate of drug-likeness (QED) is 0.0478. The van der Waals surface area contributed by atoms with Crippen molar-refractivity contribution < 1.29 is 16.5 Å². The Kier molecular flexibility index (Phi) is 23.3. The van der Waals surface area contributed by atoms with Gasteiger partial charge in [-0.1, -0.05) is 300 Å². The van der Waals surface area contributed by atoms with Gasteiger partial charge >= 0.3 is 16.5 Å². The third-order valence-electron chi connectivity index (χ3n) is 17.9. The van der Waals surface area contributed by atoms with Crippen molar-refractivity contribution in [3.63, 3.8) is 0 Å². The Morgan fingerprint density at radius 1 is 0.179 bits per heavy atom. The van der Waals surface area contributed by atoms with Gasteiger partial charge in [0, 0.05) is 16.5 Å². The molecule has 0 aliphatic heterocycles. The van der Waals surface area contributed by atoms with Crippen LogP contribution in [0, 0.1) is 0 Å². The van der Waals surface area contributed by atoms with Gasteiger partial charge in [-0.25, -0.2) is 0 Å². The molecule has 0 spiro atoms. The van der Waals surface area contributed by atoms with Crippen LogP contribution >= 0.6 is 29.0 Å². The summed E-state index contributed by atoms with van der Waals surface area (Å²) in [6.45, 7) is 25.0. The molecule has 12 aromatic rings. The minimum absolute atomic E-state index is 0. The molecule has 2 nitrogen and oxygen atoms in total. The van der Waals surface area contributed by atoms with E-state index in [-0.39, 0.29) is 26.5 Å². The molecule has 0 amide bonds. The van der Waals surface area contributed by atoms with Gasteiger partial charge < -0.3 is 9.30 Å². The Balaban J connectivity index is 0.000000205. The predicted molar refractivity (Wildman–Crippen MR) is 437 cm³/mol. The van der Waals surface area contributed by atoms with Crippen molar-refractivity contribution in [2.75, 3.05) is 0 Å². The Bertz CT molecular complexity index is 3340. The first-order chi connectivity index (χ1) is 45.4. The van der Waals surface area contributed by atoms with Crippen molar-refractivity contribution in [1.29, 1.82) is 0 Å². The summed E-state index contributed by atoms with van der Waals surface area (Å²) in [5, 5.41) is 17.6. The Hall–Kier alpha value is -6.36. The van der Waals surface area contributed by atoms with Gasteiger partial charge in [-0.15, -0.1) is 0 Å². The largest absolute Gasteiger partial charge is 2.00 e. The van der Waals surface area contributed by atoms with Crippen LogP contribution in [0.15, 0.2) is 364 Å². The molecule has 0 fully saturated rings. The van der Waals surface area contributed by atoms with Crippen LogP contribution in [0.25, 0.3) is 9.30 Å². The molecule has 95 heavy (non-hydrogen) atoms. The molecule has 11 heteroatoms. The number of hydrogen-bond acceptors (Lipinski definition) is 0. The summed E-state index contributed by atoms with van der Waals surface area (Å²) in [6.07, 6.45) is 0. The maximum atomic E-state index is 6.16. The fraction of sp³-hybridized carbons (Fsp3) is 0.143. The number of benzene rings is 12. The minimum atomic E-state index is -2.55. The van der Waals surface area contributed by atoms with E-state index < -0.39 is 62.0 Å². The molecular weight excluding hydrogens is 1330 g/mol. The molecule has 0 heterocycles. The van der Waals surface area contributed by atoms with E-state index in [9.17, 15) is 0 Å². The molecule has 0 bridgehead atoms. The zero-order chi connectivity index (χ0) is 65.9. The second kappa shape index (κ2) is 31.0. The van der Waals surface area contributed by atoms with E-state index in [1.54, 1.807) is 0 Å². The average molecular weight is 1420 g/mol. The van der Waals surface area contributed by atoms with Gasteiger partial charge in [0.1, 0.15) is 92.7 Å². The molecule has 0 saturated heterocycles. The zero-order valence-corrected chi connectivity index (χ0v) is 65.4. The first kappa shape index (κ1) is 71.4. The maximum absolute atomic E-state index is 6.16. The SMILES string of the molecule is C[Si](C)(C)[N-][Si](C)(C)C([P+](c1ccccc1)(c1ccccc1)c1ccccc1)[P+](c1ccccc1)(c1ccccc1)c1ccccc1.C[Si](C)(C)[N-][Si](C)(C)C([P+](c1ccccc1)(c1ccccc1)c1ccccc1)[P+](c1ccccc1)(c1ccccc1)c1ccccc1.[Ni+2]. The summed E-state index contributed by atoms with van der Waals surface area (Å²) < 4.78 is 12.3. The fourth-order valence-electron chi connectivity index (χ4n) is 15.7. The maximum Gasteiger partial charge on any atom is 2.00 e. The molecule has 0 aromatic heterocycles. The third-order valence-corrected chi connectivity index (χ3v) is 63.1. The molecule has 0 aliphatic carbocycles. The second-order valence-corrected chi connectivity index (χ2v) is 62.6. The van der Waals surface area contributed by atoms with Crippen molar-refractivity contribution in [3.05, 3.63) is 373 Å². The second-order valence-electron chi connectivity index (χ2n) is 27.5. The summed E-state index contributed by atoms with van der Waals surface area (Å²) in [5.74, 6) is 0. The standard InChI is InChI=1S/2C42H46NP2Si2.Ni/c2*1-46(2,3)43-47(4,5)42(44(36-24-12-6-13-25-36,37-26-14-7-15-27-37)38-28-16-8-17-29-38)45(39-30-18-9-19-31-39,40-32-20-10-21-33-40)41-34-22-11-23-35-41;/h2*6-35,42H,1-5H3;/q2*+1;+2. The zero-order valence-electron chi connectivity index (χ0n) is 56.8. The number of nitrogens with zero attached hydrogens (tertiary/aromatic N) is 2. The summed E-state index contributed by atoms with van der Waals surface area (Å²) >= 11 is 0. The molecular formula is C84H92N2NiP4Si4+4. The Morgan fingerprint density at radius 3 is 0.358 bits per heavy atom. The van der Waals surface area contributed by atoms with Crippen molar-refractivity contribution in [2.24, 2.45) is 0 Å².